The summed E-state index contributed by atoms with van der Waals surface area (Å²) in [4.78, 5) is 36.9. The van der Waals surface area contributed by atoms with E-state index in [9.17, 15) is 14.4 Å². The van der Waals surface area contributed by atoms with Crippen LogP contribution in [0.2, 0.25) is 0 Å². The van der Waals surface area contributed by atoms with Gasteiger partial charge in [-0.3, -0.25) is 9.59 Å². The fourth-order valence-corrected chi connectivity index (χ4v) is 10.7. The molecular weight excluding hydrogens is 611 g/mol. The van der Waals surface area contributed by atoms with E-state index in [2.05, 4.69) is 96.3 Å². The molecule has 0 unspecified atom stereocenters. The Labute approximate surface area is 278 Å². The molecule has 0 heterocycles. The summed E-state index contributed by atoms with van der Waals surface area (Å²) in [5.74, 6) is -0.925. The van der Waals surface area contributed by atoms with E-state index < -0.39 is 25.3 Å². The minimum atomic E-state index is -2.18. The van der Waals surface area contributed by atoms with Crippen LogP contribution in [0.15, 0.2) is 109 Å². The molecule has 0 aliphatic carbocycles. The number of nitrogens with one attached hydrogen (secondary N) is 1. The maximum atomic E-state index is 12.6. The second-order valence-electron chi connectivity index (χ2n) is 11.5. The van der Waals surface area contributed by atoms with E-state index in [4.69, 9.17) is 14.2 Å². The van der Waals surface area contributed by atoms with Crippen LogP contribution in [-0.2, 0) is 9.59 Å². The molecule has 0 fully saturated rings. The van der Waals surface area contributed by atoms with Gasteiger partial charge in [-0.15, -0.1) is 0 Å². The molecule has 0 saturated heterocycles. The first kappa shape index (κ1) is 35.3. The molecule has 0 bridgehead atoms. The molecule has 47 heavy (non-hydrogen) atoms. The zero-order valence-corrected chi connectivity index (χ0v) is 28.4. The Balaban J connectivity index is 1.22. The standard InChI is InChI=1S/C38H45N2O6P/c1-30(41)44-36-24-23-32(29-37(36)45-31(2)42)46-38(43)40(3)27-26-39-25-15-4-5-16-28-47(33-17-9-6-10-18-33,34-19-11-7-12-20-34)35-21-13-8-14-22-35/h6-14,17-24,29,39,47H,4-5,15-16,25-28H2,1-3H3. The number of likely N-dealkylation sites (N-methyl/N-ethyl adjacent to an activating group) is 1. The van der Waals surface area contributed by atoms with Gasteiger partial charge in [0.15, 0.2) is 11.5 Å². The molecule has 4 rings (SSSR count). The van der Waals surface area contributed by atoms with Crippen LogP contribution in [0, 0.1) is 0 Å². The number of ether oxygens (including phenoxy) is 3. The summed E-state index contributed by atoms with van der Waals surface area (Å²) in [5, 5.41) is 7.78. The van der Waals surface area contributed by atoms with E-state index in [1.165, 1.54) is 52.9 Å². The third-order valence-corrected chi connectivity index (χ3v) is 13.1. The fourth-order valence-electron chi connectivity index (χ4n) is 5.76. The summed E-state index contributed by atoms with van der Waals surface area (Å²) in [6, 6.07) is 37.4. The third-order valence-electron chi connectivity index (χ3n) is 8.02. The van der Waals surface area contributed by atoms with Gasteiger partial charge in [0.1, 0.15) is 5.75 Å². The zero-order chi connectivity index (χ0) is 33.5. The van der Waals surface area contributed by atoms with Gasteiger partial charge in [-0.2, -0.15) is 0 Å². The summed E-state index contributed by atoms with van der Waals surface area (Å²) in [7, 11) is -0.524. The second-order valence-corrected chi connectivity index (χ2v) is 15.5. The van der Waals surface area contributed by atoms with Crippen LogP contribution in [0.5, 0.6) is 17.2 Å². The molecule has 9 heteroatoms. The molecule has 0 radical (unpaired) electrons. The van der Waals surface area contributed by atoms with Crippen LogP contribution in [0.4, 0.5) is 4.79 Å². The van der Waals surface area contributed by atoms with Crippen molar-refractivity contribution in [2.45, 2.75) is 39.5 Å². The minimum absolute atomic E-state index is 0.00412. The van der Waals surface area contributed by atoms with Crippen LogP contribution in [0.1, 0.15) is 39.5 Å². The fraction of sp³-hybridized carbons (Fsp3) is 0.289. The summed E-state index contributed by atoms with van der Waals surface area (Å²) in [6.45, 7) is 4.42. The van der Waals surface area contributed by atoms with E-state index in [0.29, 0.717) is 13.1 Å². The number of hydrogen-bond donors (Lipinski definition) is 1. The maximum Gasteiger partial charge on any atom is 0.308 e. The van der Waals surface area contributed by atoms with Crippen LogP contribution >= 0.6 is 7.26 Å². The molecule has 1 amide bonds. The van der Waals surface area contributed by atoms with Crippen molar-refractivity contribution in [3.05, 3.63) is 109 Å². The summed E-state index contributed by atoms with van der Waals surface area (Å²) < 4.78 is 15.6. The average molecular weight is 657 g/mol. The van der Waals surface area contributed by atoms with Gasteiger partial charge in [-0.1, -0.05) is 0 Å². The summed E-state index contributed by atoms with van der Waals surface area (Å²) in [6.07, 6.45) is 5.09. The Morgan fingerprint density at radius 1 is 0.617 bits per heavy atom. The quantitative estimate of drug-likeness (QED) is 0.0701. The molecule has 0 spiro atoms. The Morgan fingerprint density at radius 2 is 1.13 bits per heavy atom. The molecule has 0 aromatic heterocycles. The molecule has 0 aliphatic heterocycles. The number of carbonyl (C=O) groups is 3. The van der Waals surface area contributed by atoms with Crippen molar-refractivity contribution < 1.29 is 28.6 Å². The normalized spacial score (nSPS) is 11.4. The predicted molar refractivity (Wildman–Crippen MR) is 190 cm³/mol. The average Bonchev–Trinajstić information content (AvgIpc) is 3.07. The number of nitrogens with zero attached hydrogens (tertiary/aromatic N) is 1. The van der Waals surface area contributed by atoms with Crippen LogP contribution in [-0.4, -0.2) is 55.8 Å². The largest absolute Gasteiger partial charge is 0.423 e. The second kappa shape index (κ2) is 18.0. The number of amides is 1. The Hall–Kier alpha value is -4.52. The van der Waals surface area contributed by atoms with Crippen molar-refractivity contribution in [3.8, 4) is 17.2 Å². The Kier molecular flexibility index (Phi) is 13.5. The third kappa shape index (κ3) is 10.2. The van der Waals surface area contributed by atoms with Gasteiger partial charge in [0, 0.05) is 19.9 Å². The Bertz CT molecular complexity index is 1490. The van der Waals surface area contributed by atoms with Gasteiger partial charge < -0.3 is 9.47 Å². The van der Waals surface area contributed by atoms with Gasteiger partial charge >= 0.3 is 210 Å². The number of unbranched alkanes of at least 4 members (excludes halogenated alkanes) is 3. The van der Waals surface area contributed by atoms with Crippen LogP contribution in [0.3, 0.4) is 0 Å². The van der Waals surface area contributed by atoms with E-state index in [1.54, 1.807) is 7.05 Å². The first-order valence-electron chi connectivity index (χ1n) is 16.1. The summed E-state index contributed by atoms with van der Waals surface area (Å²) >= 11 is 0. The SMILES string of the molecule is CC(=O)Oc1ccc(OC(=O)N(C)CCNCCCCCC[PH](c2ccccc2)(c2ccccc2)c2ccccc2)cc1OC(C)=O. The molecule has 0 saturated carbocycles. The number of rotatable bonds is 16. The predicted octanol–water partition coefficient (Wildman–Crippen LogP) is 5.84. The topological polar surface area (TPSA) is 94.2 Å². The molecule has 8 nitrogen and oxygen atoms in total. The van der Waals surface area contributed by atoms with Gasteiger partial charge in [-0.05, 0) is 12.1 Å². The van der Waals surface area contributed by atoms with Gasteiger partial charge in [0.25, 0.3) is 0 Å². The minimum Gasteiger partial charge on any atom is -0.423 e. The number of benzene rings is 4. The molecule has 248 valence electrons. The molecule has 4 aromatic rings. The van der Waals surface area contributed by atoms with Crippen molar-refractivity contribution in [2.75, 3.05) is 32.8 Å². The van der Waals surface area contributed by atoms with E-state index in [-0.39, 0.29) is 17.2 Å². The van der Waals surface area contributed by atoms with E-state index in [1.807, 2.05) is 0 Å². The van der Waals surface area contributed by atoms with Gasteiger partial charge in [0.2, 0.25) is 0 Å². The molecular formula is C38H45N2O6P. The molecule has 4 aromatic carbocycles. The van der Waals surface area contributed by atoms with Crippen molar-refractivity contribution >= 4 is 41.2 Å². The van der Waals surface area contributed by atoms with Crippen molar-refractivity contribution in [2.24, 2.45) is 0 Å². The van der Waals surface area contributed by atoms with E-state index >= 15 is 0 Å². The first-order valence-corrected chi connectivity index (χ1v) is 18.3. The molecule has 0 atom stereocenters. The number of carbonyl (C=O) groups excluding carboxylic acids is 3. The first-order chi connectivity index (χ1) is 22.8. The smallest absolute Gasteiger partial charge is 0.308 e. The zero-order valence-electron chi connectivity index (χ0n) is 27.4. The molecule has 0 aliphatic rings. The van der Waals surface area contributed by atoms with E-state index in [0.717, 1.165) is 38.4 Å². The van der Waals surface area contributed by atoms with Crippen molar-refractivity contribution in [1.82, 2.24) is 10.2 Å². The van der Waals surface area contributed by atoms with Gasteiger partial charge in [-0.25, -0.2) is 0 Å². The van der Waals surface area contributed by atoms with Crippen LogP contribution < -0.4 is 35.4 Å². The summed E-state index contributed by atoms with van der Waals surface area (Å²) in [5.41, 5.74) is 0. The van der Waals surface area contributed by atoms with Crippen LogP contribution in [0.25, 0.3) is 0 Å². The van der Waals surface area contributed by atoms with Crippen molar-refractivity contribution in [3.63, 3.8) is 0 Å². The Morgan fingerprint density at radius 3 is 1.66 bits per heavy atom. The number of esters is 2. The maximum absolute atomic E-state index is 12.6. The monoisotopic (exact) mass is 656 g/mol. The number of hydrogen-bond acceptors (Lipinski definition) is 7. The van der Waals surface area contributed by atoms with Crippen molar-refractivity contribution in [1.29, 1.82) is 0 Å². The molecule has 1 N–H and O–H groups in total. The van der Waals surface area contributed by atoms with Gasteiger partial charge in [0.05, 0.1) is 0 Å².